The number of β-amino-alcohol motifs (C(OH)–C–C–N with tert-alkyl or cyclic N) is 1. The van der Waals surface area contributed by atoms with Crippen LogP contribution in [0.3, 0.4) is 0 Å². The summed E-state index contributed by atoms with van der Waals surface area (Å²) in [5.41, 5.74) is 3.32. The van der Waals surface area contributed by atoms with E-state index in [1.54, 1.807) is 6.20 Å². The summed E-state index contributed by atoms with van der Waals surface area (Å²) in [4.78, 5) is 14.9. The van der Waals surface area contributed by atoms with E-state index in [1.807, 2.05) is 12.1 Å². The Kier molecular flexibility index (Phi) is 7.48. The number of likely N-dealkylation sites (tertiary alicyclic amines) is 1. The van der Waals surface area contributed by atoms with E-state index >= 15 is 0 Å². The third-order valence-electron chi connectivity index (χ3n) is 4.98. The number of nitrogens with zero attached hydrogens (tertiary/aromatic N) is 3. The molecule has 2 atom stereocenters. The molecule has 3 rings (SSSR count). The van der Waals surface area contributed by atoms with E-state index in [0.717, 1.165) is 10.9 Å². The van der Waals surface area contributed by atoms with Gasteiger partial charge in [-0.05, 0) is 30.2 Å². The molecule has 1 aliphatic rings. The molecule has 2 N–H and O–H groups in total. The summed E-state index contributed by atoms with van der Waals surface area (Å²) in [7, 11) is -0.260. The highest BCUT2D eigenvalue weighted by molar-refractivity contribution is 7.89. The van der Waals surface area contributed by atoms with Gasteiger partial charge in [-0.15, -0.1) is 0 Å². The first-order valence-corrected chi connectivity index (χ1v) is 10.5. The van der Waals surface area contributed by atoms with Crippen molar-refractivity contribution < 1.29 is 23.4 Å². The molecule has 0 radical (unpaired) electrons. The minimum atomic E-state index is -3.32. The van der Waals surface area contributed by atoms with E-state index in [4.69, 9.17) is 9.90 Å². The number of aliphatic hydroxyl groups excluding tert-OH is 1. The fourth-order valence-electron chi connectivity index (χ4n) is 3.41. The number of fused-ring (bicyclic) bond motifs is 1. The quantitative estimate of drug-likeness (QED) is 0.707. The van der Waals surface area contributed by atoms with Crippen LogP contribution in [0.2, 0.25) is 0 Å². The number of aliphatic hydroxyl groups is 1. The summed E-state index contributed by atoms with van der Waals surface area (Å²) in [5.74, 6) is -0.283. The first kappa shape index (κ1) is 22.2. The van der Waals surface area contributed by atoms with Crippen LogP contribution in [-0.2, 0) is 21.4 Å². The fourth-order valence-corrected chi connectivity index (χ4v) is 4.58. The van der Waals surface area contributed by atoms with Crippen LogP contribution in [0.25, 0.3) is 10.9 Å². The van der Waals surface area contributed by atoms with Crippen LogP contribution < -0.4 is 0 Å². The summed E-state index contributed by atoms with van der Waals surface area (Å²) < 4.78 is 25.5. The van der Waals surface area contributed by atoms with Crippen molar-refractivity contribution in [3.8, 4) is 0 Å². The van der Waals surface area contributed by atoms with Gasteiger partial charge in [0.25, 0.3) is 6.47 Å². The predicted molar refractivity (Wildman–Crippen MR) is 107 cm³/mol. The summed E-state index contributed by atoms with van der Waals surface area (Å²) in [5, 5.41) is 18.3. The lowest BCUT2D eigenvalue weighted by Crippen LogP contribution is -2.33. The van der Waals surface area contributed by atoms with Crippen molar-refractivity contribution in [2.45, 2.75) is 19.6 Å². The number of carbonyl (C=O) groups is 1. The third-order valence-corrected chi connectivity index (χ3v) is 6.94. The van der Waals surface area contributed by atoms with Crippen molar-refractivity contribution >= 4 is 27.4 Å². The van der Waals surface area contributed by atoms with Crippen molar-refractivity contribution in [2.75, 3.05) is 32.9 Å². The van der Waals surface area contributed by atoms with Crippen molar-refractivity contribution in [2.24, 2.45) is 5.92 Å². The maximum atomic E-state index is 12.1. The van der Waals surface area contributed by atoms with Gasteiger partial charge in [0.15, 0.2) is 0 Å². The monoisotopic (exact) mass is 409 g/mol. The topological polar surface area (TPSA) is 111 Å². The van der Waals surface area contributed by atoms with Crippen molar-refractivity contribution in [3.05, 3.63) is 41.6 Å². The predicted octanol–water partition coefficient (Wildman–Crippen LogP) is 0.928. The Labute approximate surface area is 165 Å². The smallest absolute Gasteiger partial charge is 0.290 e. The van der Waals surface area contributed by atoms with Crippen molar-refractivity contribution in [1.82, 2.24) is 14.2 Å². The zero-order valence-corrected chi connectivity index (χ0v) is 17.1. The van der Waals surface area contributed by atoms with Crippen LogP contribution in [0.1, 0.15) is 11.1 Å². The Balaban J connectivity index is 0.000000878. The Bertz CT molecular complexity index is 917. The Morgan fingerprint density at radius 2 is 1.96 bits per heavy atom. The normalized spacial score (nSPS) is 20.2. The molecule has 0 spiro atoms. The molecular weight excluding hydrogens is 382 g/mol. The first-order chi connectivity index (χ1) is 13.2. The molecule has 8 nitrogen and oxygen atoms in total. The van der Waals surface area contributed by atoms with Gasteiger partial charge in [0.1, 0.15) is 0 Å². The van der Waals surface area contributed by atoms with Gasteiger partial charge in [-0.25, -0.2) is 12.7 Å². The number of hydrogen-bond donors (Lipinski definition) is 2. The summed E-state index contributed by atoms with van der Waals surface area (Å²) >= 11 is 0. The molecule has 2 aromatic rings. The highest BCUT2D eigenvalue weighted by Gasteiger charge is 2.35. The lowest BCUT2D eigenvalue weighted by molar-refractivity contribution is -0.122. The number of hydrogen-bond acceptors (Lipinski definition) is 6. The number of pyridine rings is 1. The maximum Gasteiger partial charge on any atom is 0.290 e. The van der Waals surface area contributed by atoms with Crippen LogP contribution in [0.4, 0.5) is 0 Å². The molecule has 2 heterocycles. The van der Waals surface area contributed by atoms with Crippen LogP contribution in [0.5, 0.6) is 0 Å². The number of benzene rings is 1. The number of carboxylic acid groups (broad SMARTS) is 1. The molecule has 1 aromatic heterocycles. The molecule has 0 saturated carbocycles. The van der Waals surface area contributed by atoms with Gasteiger partial charge in [-0.3, -0.25) is 14.7 Å². The molecular formula is C19H27N3O5S. The molecule has 0 aliphatic carbocycles. The van der Waals surface area contributed by atoms with Crippen LogP contribution in [0, 0.1) is 12.8 Å². The van der Waals surface area contributed by atoms with E-state index in [0.29, 0.717) is 19.6 Å². The molecule has 28 heavy (non-hydrogen) atoms. The van der Waals surface area contributed by atoms with Gasteiger partial charge in [-0.2, -0.15) is 0 Å². The largest absolute Gasteiger partial charge is 0.483 e. The average Bonchev–Trinajstić information content (AvgIpc) is 2.96. The lowest BCUT2D eigenvalue weighted by Gasteiger charge is -2.19. The van der Waals surface area contributed by atoms with Crippen LogP contribution >= 0.6 is 0 Å². The third kappa shape index (κ3) is 5.26. The number of aryl methyl sites for hydroxylation is 1. The molecule has 1 saturated heterocycles. The highest BCUT2D eigenvalue weighted by atomic mass is 32.2. The van der Waals surface area contributed by atoms with Gasteiger partial charge in [0.2, 0.25) is 10.0 Å². The zero-order valence-electron chi connectivity index (χ0n) is 16.3. The van der Waals surface area contributed by atoms with Gasteiger partial charge in [-0.1, -0.05) is 12.1 Å². The minimum absolute atomic E-state index is 0.0201. The van der Waals surface area contributed by atoms with E-state index in [-0.39, 0.29) is 18.1 Å². The summed E-state index contributed by atoms with van der Waals surface area (Å²) in [6.45, 7) is 3.57. The minimum Gasteiger partial charge on any atom is -0.483 e. The van der Waals surface area contributed by atoms with Gasteiger partial charge in [0, 0.05) is 51.2 Å². The fraction of sp³-hybridized carbons (Fsp3) is 0.474. The van der Waals surface area contributed by atoms with Crippen molar-refractivity contribution in [3.63, 3.8) is 0 Å². The second-order valence-corrected chi connectivity index (χ2v) is 9.35. The molecule has 1 fully saturated rings. The highest BCUT2D eigenvalue weighted by Crippen LogP contribution is 2.26. The maximum absolute atomic E-state index is 12.1. The molecule has 154 valence electrons. The van der Waals surface area contributed by atoms with Gasteiger partial charge < -0.3 is 10.2 Å². The lowest BCUT2D eigenvalue weighted by atomic mass is 10.0. The van der Waals surface area contributed by atoms with E-state index in [9.17, 15) is 13.5 Å². The SMILES string of the molecule is Cc1ccc2ncccc2c1CN1C[C@@H](CS(=O)(=O)N(C)C)[C@H](O)C1.O=CO. The van der Waals surface area contributed by atoms with Gasteiger partial charge >= 0.3 is 0 Å². The number of sulfonamides is 1. The molecule has 0 amide bonds. The molecule has 1 aliphatic heterocycles. The van der Waals surface area contributed by atoms with E-state index < -0.39 is 16.1 Å². The standard InChI is InChI=1S/C18H25N3O3S.CH2O2/c1-13-6-7-17-15(5-4-8-19-17)16(13)10-21-9-14(18(22)11-21)12-25(23,24)20(2)3;2-1-3/h4-8,14,18,22H,9-12H2,1-3H3;1H,(H,2,3)/t14-,18+;/m0./s1. The second-order valence-electron chi connectivity index (χ2n) is 7.12. The van der Waals surface area contributed by atoms with E-state index in [1.165, 1.54) is 29.5 Å². The van der Waals surface area contributed by atoms with E-state index in [2.05, 4.69) is 28.9 Å². The molecule has 0 unspecified atom stereocenters. The number of rotatable bonds is 5. The Morgan fingerprint density at radius 1 is 1.29 bits per heavy atom. The zero-order chi connectivity index (χ0) is 20.9. The average molecular weight is 410 g/mol. The molecule has 1 aromatic carbocycles. The van der Waals surface area contributed by atoms with Crippen LogP contribution in [0.15, 0.2) is 30.5 Å². The molecule has 9 heteroatoms. The Hall–Kier alpha value is -2.07. The Morgan fingerprint density at radius 3 is 2.61 bits per heavy atom. The summed E-state index contributed by atoms with van der Waals surface area (Å²) in [6.07, 6.45) is 1.16. The number of aromatic nitrogens is 1. The second kappa shape index (κ2) is 9.42. The van der Waals surface area contributed by atoms with Crippen molar-refractivity contribution in [1.29, 1.82) is 0 Å². The van der Waals surface area contributed by atoms with Crippen LogP contribution in [-0.4, -0.2) is 78.3 Å². The van der Waals surface area contributed by atoms with Gasteiger partial charge in [0.05, 0.1) is 17.4 Å². The molecule has 0 bridgehead atoms. The summed E-state index contributed by atoms with van der Waals surface area (Å²) in [6, 6.07) is 8.06. The first-order valence-electron chi connectivity index (χ1n) is 8.91.